The molecule has 0 aliphatic carbocycles. The fraction of sp³-hybridized carbons (Fsp3) is 0.571. The number of rotatable bonds is 3. The topological polar surface area (TPSA) is 42.7 Å². The largest absolute Gasteiger partial charge is 0.309 e. The van der Waals surface area contributed by atoms with Crippen LogP contribution in [-0.2, 0) is 6.54 Å². The maximum atomic E-state index is 4.67. The highest BCUT2D eigenvalue weighted by Gasteiger charge is 2.16. The van der Waals surface area contributed by atoms with Gasteiger partial charge < -0.3 is 9.88 Å². The van der Waals surface area contributed by atoms with E-state index in [9.17, 15) is 0 Å². The second-order valence-corrected chi connectivity index (χ2v) is 5.94. The molecule has 0 saturated heterocycles. The van der Waals surface area contributed by atoms with Crippen molar-refractivity contribution in [3.05, 3.63) is 24.2 Å². The third kappa shape index (κ3) is 2.70. The van der Waals surface area contributed by atoms with E-state index in [4.69, 9.17) is 0 Å². The summed E-state index contributed by atoms with van der Waals surface area (Å²) in [4.78, 5) is 9.12. The lowest BCUT2D eigenvalue weighted by Gasteiger charge is -2.21. The van der Waals surface area contributed by atoms with Crippen molar-refractivity contribution in [1.29, 1.82) is 0 Å². The Bertz CT molecular complexity index is 534. The van der Waals surface area contributed by atoms with Gasteiger partial charge in [0.15, 0.2) is 5.65 Å². The number of nitrogens with one attached hydrogen (secondary N) is 1. The zero-order chi connectivity index (χ0) is 13.3. The molecule has 2 rings (SSSR count). The molecule has 4 heteroatoms. The van der Waals surface area contributed by atoms with Crippen molar-refractivity contribution in [3.8, 4) is 0 Å². The minimum atomic E-state index is 0.0906. The van der Waals surface area contributed by atoms with Crippen LogP contribution >= 0.6 is 0 Å². The smallest absolute Gasteiger partial charge is 0.160 e. The molecule has 4 nitrogen and oxygen atoms in total. The molecule has 0 fully saturated rings. The third-order valence-corrected chi connectivity index (χ3v) is 2.82. The molecule has 0 atom stereocenters. The standard InChI is InChI=1S/C14H22N4/c1-10(2)18-12(9-16-14(3,4)5)17-11-7-6-8-15-13(11)18/h6-8,10,16H,9H2,1-5H3. The van der Waals surface area contributed by atoms with Gasteiger partial charge in [-0.3, -0.25) is 0 Å². The molecule has 0 aliphatic heterocycles. The SMILES string of the molecule is CC(C)n1c(CNC(C)(C)C)nc2cccnc21. The molecule has 0 aliphatic rings. The Balaban J connectivity index is 2.40. The second kappa shape index (κ2) is 4.69. The van der Waals surface area contributed by atoms with Gasteiger partial charge in [0, 0.05) is 17.8 Å². The lowest BCUT2D eigenvalue weighted by atomic mass is 10.1. The maximum Gasteiger partial charge on any atom is 0.160 e. The van der Waals surface area contributed by atoms with E-state index in [2.05, 4.69) is 54.5 Å². The lowest BCUT2D eigenvalue weighted by molar-refractivity contribution is 0.408. The summed E-state index contributed by atoms with van der Waals surface area (Å²) >= 11 is 0. The van der Waals surface area contributed by atoms with Crippen LogP contribution in [0.1, 0.15) is 46.5 Å². The van der Waals surface area contributed by atoms with E-state index in [1.54, 1.807) is 0 Å². The number of aromatic nitrogens is 3. The highest BCUT2D eigenvalue weighted by molar-refractivity contribution is 5.71. The Kier molecular flexibility index (Phi) is 3.39. The summed E-state index contributed by atoms with van der Waals surface area (Å²) < 4.78 is 2.20. The van der Waals surface area contributed by atoms with Crippen LogP contribution in [0.2, 0.25) is 0 Å². The van der Waals surface area contributed by atoms with Crippen LogP contribution in [0.25, 0.3) is 11.2 Å². The molecule has 98 valence electrons. The summed E-state index contributed by atoms with van der Waals surface area (Å²) in [6.07, 6.45) is 1.82. The zero-order valence-corrected chi connectivity index (χ0v) is 11.9. The van der Waals surface area contributed by atoms with Gasteiger partial charge in [0.1, 0.15) is 11.3 Å². The number of nitrogens with zero attached hydrogens (tertiary/aromatic N) is 3. The van der Waals surface area contributed by atoms with Gasteiger partial charge in [-0.25, -0.2) is 9.97 Å². The molecule has 0 unspecified atom stereocenters. The summed E-state index contributed by atoms with van der Waals surface area (Å²) in [5, 5.41) is 3.48. The van der Waals surface area contributed by atoms with Crippen LogP contribution in [0.15, 0.2) is 18.3 Å². The molecule has 2 aromatic rings. The van der Waals surface area contributed by atoms with Crippen molar-refractivity contribution in [3.63, 3.8) is 0 Å². The highest BCUT2D eigenvalue weighted by Crippen LogP contribution is 2.19. The lowest BCUT2D eigenvalue weighted by Crippen LogP contribution is -2.36. The van der Waals surface area contributed by atoms with Crippen molar-refractivity contribution >= 4 is 11.2 Å². The molecular weight excluding hydrogens is 224 g/mol. The second-order valence-electron chi connectivity index (χ2n) is 5.94. The number of fused-ring (bicyclic) bond motifs is 1. The van der Waals surface area contributed by atoms with Gasteiger partial charge in [-0.15, -0.1) is 0 Å². The predicted molar refractivity (Wildman–Crippen MR) is 74.5 cm³/mol. The van der Waals surface area contributed by atoms with Crippen molar-refractivity contribution in [2.75, 3.05) is 0 Å². The van der Waals surface area contributed by atoms with Crippen LogP contribution in [0.4, 0.5) is 0 Å². The number of hydrogen-bond acceptors (Lipinski definition) is 3. The minimum Gasteiger partial charge on any atom is -0.309 e. The van der Waals surface area contributed by atoms with Gasteiger partial charge in [0.05, 0.1) is 6.54 Å². The predicted octanol–water partition coefficient (Wildman–Crippen LogP) is 2.90. The Morgan fingerprint density at radius 2 is 2.06 bits per heavy atom. The highest BCUT2D eigenvalue weighted by atomic mass is 15.2. The molecule has 18 heavy (non-hydrogen) atoms. The zero-order valence-electron chi connectivity index (χ0n) is 11.9. The van der Waals surface area contributed by atoms with Crippen molar-refractivity contribution in [2.45, 2.75) is 52.7 Å². The third-order valence-electron chi connectivity index (χ3n) is 2.82. The molecule has 2 aromatic heterocycles. The molecule has 0 radical (unpaired) electrons. The van der Waals surface area contributed by atoms with E-state index in [1.165, 1.54) is 0 Å². The van der Waals surface area contributed by atoms with Gasteiger partial charge in [0.25, 0.3) is 0 Å². The van der Waals surface area contributed by atoms with Gasteiger partial charge in [0.2, 0.25) is 0 Å². The molecular formula is C14H22N4. The first kappa shape index (κ1) is 13.0. The van der Waals surface area contributed by atoms with Gasteiger partial charge >= 0.3 is 0 Å². The van der Waals surface area contributed by atoms with Gasteiger partial charge in [-0.1, -0.05) is 0 Å². The summed E-state index contributed by atoms with van der Waals surface area (Å²) in [6, 6.07) is 4.31. The number of imidazole rings is 1. The quantitative estimate of drug-likeness (QED) is 0.905. The average molecular weight is 246 g/mol. The Morgan fingerprint density at radius 1 is 1.33 bits per heavy atom. The van der Waals surface area contributed by atoms with E-state index in [-0.39, 0.29) is 5.54 Å². The van der Waals surface area contributed by atoms with E-state index < -0.39 is 0 Å². The molecule has 2 heterocycles. The first-order valence-electron chi connectivity index (χ1n) is 6.45. The molecule has 0 spiro atoms. The van der Waals surface area contributed by atoms with E-state index in [0.717, 1.165) is 23.5 Å². The molecule has 0 bridgehead atoms. The Morgan fingerprint density at radius 3 is 2.67 bits per heavy atom. The number of pyridine rings is 1. The molecule has 0 aromatic carbocycles. The monoisotopic (exact) mass is 246 g/mol. The molecule has 0 amide bonds. The Labute approximate surface area is 108 Å². The fourth-order valence-corrected chi connectivity index (χ4v) is 1.99. The molecule has 0 saturated carbocycles. The average Bonchev–Trinajstić information content (AvgIpc) is 2.63. The minimum absolute atomic E-state index is 0.0906. The molecule has 1 N–H and O–H groups in total. The maximum absolute atomic E-state index is 4.67. The summed E-state index contributed by atoms with van der Waals surface area (Å²) in [6.45, 7) is 11.6. The summed E-state index contributed by atoms with van der Waals surface area (Å²) in [7, 11) is 0. The summed E-state index contributed by atoms with van der Waals surface area (Å²) in [5.74, 6) is 1.05. The summed E-state index contributed by atoms with van der Waals surface area (Å²) in [5.41, 5.74) is 2.03. The number of hydrogen-bond donors (Lipinski definition) is 1. The van der Waals surface area contributed by atoms with Gasteiger partial charge in [-0.2, -0.15) is 0 Å². The first-order valence-corrected chi connectivity index (χ1v) is 6.45. The van der Waals surface area contributed by atoms with Crippen molar-refractivity contribution in [1.82, 2.24) is 19.9 Å². The van der Waals surface area contributed by atoms with Gasteiger partial charge in [-0.05, 0) is 46.8 Å². The van der Waals surface area contributed by atoms with E-state index >= 15 is 0 Å². The Hall–Kier alpha value is -1.42. The first-order chi connectivity index (χ1) is 8.38. The van der Waals surface area contributed by atoms with Crippen molar-refractivity contribution < 1.29 is 0 Å². The fourth-order valence-electron chi connectivity index (χ4n) is 1.99. The van der Waals surface area contributed by atoms with E-state index in [0.29, 0.717) is 6.04 Å². The van der Waals surface area contributed by atoms with Crippen LogP contribution < -0.4 is 5.32 Å². The normalized spacial score (nSPS) is 12.6. The van der Waals surface area contributed by atoms with Crippen LogP contribution in [0.5, 0.6) is 0 Å². The van der Waals surface area contributed by atoms with Crippen LogP contribution in [0.3, 0.4) is 0 Å². The van der Waals surface area contributed by atoms with Crippen molar-refractivity contribution in [2.24, 2.45) is 0 Å². The van der Waals surface area contributed by atoms with E-state index in [1.807, 2.05) is 18.3 Å². The van der Waals surface area contributed by atoms with Crippen LogP contribution in [-0.4, -0.2) is 20.1 Å². The van der Waals surface area contributed by atoms with Crippen LogP contribution in [0, 0.1) is 0 Å².